The van der Waals surface area contributed by atoms with Crippen LogP contribution >= 0.6 is 0 Å². The fourth-order valence-corrected chi connectivity index (χ4v) is 2.96. The average Bonchev–Trinajstić information content (AvgIpc) is 2.87. The molecule has 1 aromatic heterocycles. The Bertz CT molecular complexity index is 624. The molecule has 0 amide bonds. The Balaban J connectivity index is 2.07. The lowest BCUT2D eigenvalue weighted by molar-refractivity contribution is 0.454. The molecule has 1 aromatic carbocycles. The van der Waals surface area contributed by atoms with Crippen LogP contribution in [0.5, 0.6) is 0 Å². The van der Waals surface area contributed by atoms with Gasteiger partial charge in [0, 0.05) is 11.9 Å². The third-order valence-electron chi connectivity index (χ3n) is 3.97. The minimum absolute atomic E-state index is 0.0532. The van der Waals surface area contributed by atoms with Crippen molar-refractivity contribution in [1.29, 1.82) is 0 Å². The van der Waals surface area contributed by atoms with Gasteiger partial charge in [-0.2, -0.15) is 0 Å². The molecule has 1 aliphatic carbocycles. The topological polar surface area (TPSA) is 48.0 Å². The molecule has 0 radical (unpaired) electrons. The van der Waals surface area contributed by atoms with Crippen LogP contribution in [-0.2, 0) is 6.54 Å². The highest BCUT2D eigenvalue weighted by Crippen LogP contribution is 2.26. The van der Waals surface area contributed by atoms with E-state index in [0.717, 1.165) is 17.3 Å². The van der Waals surface area contributed by atoms with E-state index in [0.29, 0.717) is 11.7 Å². The van der Waals surface area contributed by atoms with Gasteiger partial charge in [0.05, 0.1) is 0 Å². The van der Waals surface area contributed by atoms with Crippen LogP contribution in [0, 0.1) is 5.92 Å². The number of aromatic nitrogens is 1. The Morgan fingerprint density at radius 1 is 1.22 bits per heavy atom. The Morgan fingerprint density at radius 2 is 1.94 bits per heavy atom. The summed E-state index contributed by atoms with van der Waals surface area (Å²) in [5.41, 5.74) is 6.08. The third kappa shape index (κ3) is 1.90. The number of fused-ring (bicyclic) bond motifs is 1. The highest BCUT2D eigenvalue weighted by atomic mass is 16.1. The second-order valence-electron chi connectivity index (χ2n) is 5.22. The van der Waals surface area contributed by atoms with E-state index in [1.54, 1.807) is 4.57 Å². The summed E-state index contributed by atoms with van der Waals surface area (Å²) in [7, 11) is 0. The standard InChI is InChI=1S/C15H18N2O/c16-14-9-12-7-3-4-8-13(12)15(18)17(14)10-11-5-1-2-6-11/h3-4,7-9,11H,1-2,5-6,10,16H2. The maximum Gasteiger partial charge on any atom is 0.259 e. The van der Waals surface area contributed by atoms with Crippen LogP contribution in [0.2, 0.25) is 0 Å². The first kappa shape index (κ1) is 11.3. The fourth-order valence-electron chi connectivity index (χ4n) is 2.96. The van der Waals surface area contributed by atoms with Crippen molar-refractivity contribution in [3.63, 3.8) is 0 Å². The number of hydrogen-bond donors (Lipinski definition) is 1. The molecule has 3 rings (SSSR count). The molecule has 3 heteroatoms. The van der Waals surface area contributed by atoms with Crippen molar-refractivity contribution in [2.24, 2.45) is 5.92 Å². The lowest BCUT2D eigenvalue weighted by Crippen LogP contribution is -2.25. The summed E-state index contributed by atoms with van der Waals surface area (Å²) >= 11 is 0. The molecule has 0 atom stereocenters. The van der Waals surface area contributed by atoms with Gasteiger partial charge in [0.25, 0.3) is 5.56 Å². The highest BCUT2D eigenvalue weighted by molar-refractivity contribution is 5.83. The monoisotopic (exact) mass is 242 g/mol. The first-order valence-electron chi connectivity index (χ1n) is 6.64. The van der Waals surface area contributed by atoms with Crippen LogP contribution in [0.15, 0.2) is 35.1 Å². The number of nitrogen functional groups attached to an aromatic ring is 1. The third-order valence-corrected chi connectivity index (χ3v) is 3.97. The van der Waals surface area contributed by atoms with E-state index in [1.165, 1.54) is 25.7 Å². The molecule has 0 aliphatic heterocycles. The number of hydrogen-bond acceptors (Lipinski definition) is 2. The number of benzene rings is 1. The summed E-state index contributed by atoms with van der Waals surface area (Å²) in [5, 5.41) is 1.70. The van der Waals surface area contributed by atoms with Crippen LogP contribution in [0.3, 0.4) is 0 Å². The molecule has 1 heterocycles. The molecule has 1 fully saturated rings. The maximum atomic E-state index is 12.4. The summed E-state index contributed by atoms with van der Waals surface area (Å²) in [6.07, 6.45) is 5.01. The first-order chi connectivity index (χ1) is 8.75. The minimum atomic E-state index is 0.0532. The lowest BCUT2D eigenvalue weighted by Gasteiger charge is -2.15. The van der Waals surface area contributed by atoms with Crippen LogP contribution in [0.25, 0.3) is 10.8 Å². The van der Waals surface area contributed by atoms with Gasteiger partial charge in [0.15, 0.2) is 0 Å². The summed E-state index contributed by atoms with van der Waals surface area (Å²) < 4.78 is 1.75. The van der Waals surface area contributed by atoms with Gasteiger partial charge in [-0.3, -0.25) is 9.36 Å². The molecule has 1 aliphatic rings. The highest BCUT2D eigenvalue weighted by Gasteiger charge is 2.17. The zero-order chi connectivity index (χ0) is 12.5. The normalized spacial score (nSPS) is 16.4. The van der Waals surface area contributed by atoms with E-state index in [9.17, 15) is 4.79 Å². The summed E-state index contributed by atoms with van der Waals surface area (Å²) in [6, 6.07) is 9.56. The SMILES string of the molecule is Nc1cc2ccccc2c(=O)n1CC1CCCC1. The van der Waals surface area contributed by atoms with E-state index < -0.39 is 0 Å². The second-order valence-corrected chi connectivity index (χ2v) is 5.22. The van der Waals surface area contributed by atoms with E-state index >= 15 is 0 Å². The van der Waals surface area contributed by atoms with Gasteiger partial charge in [0.1, 0.15) is 5.82 Å². The molecule has 3 nitrogen and oxygen atoms in total. The van der Waals surface area contributed by atoms with Gasteiger partial charge in [-0.1, -0.05) is 31.0 Å². The molecular formula is C15H18N2O. The largest absolute Gasteiger partial charge is 0.385 e. The van der Waals surface area contributed by atoms with E-state index in [1.807, 2.05) is 30.3 Å². The smallest absolute Gasteiger partial charge is 0.259 e. The van der Waals surface area contributed by atoms with Gasteiger partial charge in [-0.05, 0) is 36.3 Å². The van der Waals surface area contributed by atoms with Crippen molar-refractivity contribution in [3.8, 4) is 0 Å². The van der Waals surface area contributed by atoms with Crippen LogP contribution < -0.4 is 11.3 Å². The molecule has 2 N–H and O–H groups in total. The molecule has 2 aromatic rings. The Hall–Kier alpha value is -1.77. The van der Waals surface area contributed by atoms with E-state index in [2.05, 4.69) is 0 Å². The summed E-state index contributed by atoms with van der Waals surface area (Å²) in [4.78, 5) is 12.4. The Morgan fingerprint density at radius 3 is 2.72 bits per heavy atom. The lowest BCUT2D eigenvalue weighted by atomic mass is 10.1. The number of nitrogens with zero attached hydrogens (tertiary/aromatic N) is 1. The van der Waals surface area contributed by atoms with E-state index in [-0.39, 0.29) is 5.56 Å². The van der Waals surface area contributed by atoms with Gasteiger partial charge < -0.3 is 5.73 Å². The van der Waals surface area contributed by atoms with Gasteiger partial charge in [-0.15, -0.1) is 0 Å². The molecule has 94 valence electrons. The predicted molar refractivity (Wildman–Crippen MR) is 74.6 cm³/mol. The predicted octanol–water partition coefficient (Wildman–Crippen LogP) is 2.77. The van der Waals surface area contributed by atoms with Gasteiger partial charge >= 0.3 is 0 Å². The number of pyridine rings is 1. The average molecular weight is 242 g/mol. The van der Waals surface area contributed by atoms with Crippen LogP contribution in [0.1, 0.15) is 25.7 Å². The van der Waals surface area contributed by atoms with Gasteiger partial charge in [0.2, 0.25) is 0 Å². The maximum absolute atomic E-state index is 12.4. The molecule has 1 saturated carbocycles. The second kappa shape index (κ2) is 4.48. The fraction of sp³-hybridized carbons (Fsp3) is 0.400. The quantitative estimate of drug-likeness (QED) is 0.880. The molecule has 0 unspecified atom stereocenters. The van der Waals surface area contributed by atoms with Crippen molar-refractivity contribution in [3.05, 3.63) is 40.7 Å². The molecular weight excluding hydrogens is 224 g/mol. The number of nitrogens with two attached hydrogens (primary N) is 1. The molecule has 0 bridgehead atoms. The van der Waals surface area contributed by atoms with Crippen molar-refractivity contribution in [1.82, 2.24) is 4.57 Å². The molecule has 0 saturated heterocycles. The van der Waals surface area contributed by atoms with Crippen LogP contribution in [-0.4, -0.2) is 4.57 Å². The van der Waals surface area contributed by atoms with Crippen molar-refractivity contribution < 1.29 is 0 Å². The van der Waals surface area contributed by atoms with Crippen molar-refractivity contribution in [2.45, 2.75) is 32.2 Å². The molecule has 18 heavy (non-hydrogen) atoms. The van der Waals surface area contributed by atoms with Crippen molar-refractivity contribution >= 4 is 16.6 Å². The Kier molecular flexibility index (Phi) is 2.82. The molecule has 0 spiro atoms. The Labute approximate surface area is 106 Å². The number of rotatable bonds is 2. The van der Waals surface area contributed by atoms with Gasteiger partial charge in [-0.25, -0.2) is 0 Å². The number of anilines is 1. The zero-order valence-electron chi connectivity index (χ0n) is 10.4. The minimum Gasteiger partial charge on any atom is -0.385 e. The summed E-state index contributed by atoms with van der Waals surface area (Å²) in [5.74, 6) is 1.21. The zero-order valence-corrected chi connectivity index (χ0v) is 10.4. The van der Waals surface area contributed by atoms with E-state index in [4.69, 9.17) is 5.73 Å². The van der Waals surface area contributed by atoms with Crippen molar-refractivity contribution in [2.75, 3.05) is 5.73 Å². The van der Waals surface area contributed by atoms with Crippen LogP contribution in [0.4, 0.5) is 5.82 Å². The summed E-state index contributed by atoms with van der Waals surface area (Å²) in [6.45, 7) is 0.773. The first-order valence-corrected chi connectivity index (χ1v) is 6.64.